The van der Waals surface area contributed by atoms with Gasteiger partial charge in [0.25, 0.3) is 5.91 Å². The molecule has 0 spiro atoms. The molecule has 0 aliphatic carbocycles. The van der Waals surface area contributed by atoms with Crippen LogP contribution < -0.4 is 10.1 Å². The molecule has 1 amide bonds. The molecule has 0 saturated heterocycles. The van der Waals surface area contributed by atoms with Gasteiger partial charge in [0.2, 0.25) is 0 Å². The first-order chi connectivity index (χ1) is 17.2. The average molecular weight is 486 g/mol. The summed E-state index contributed by atoms with van der Waals surface area (Å²) in [4.78, 5) is 12.5. The number of nitrogens with one attached hydrogen (secondary N) is 1. The molecule has 0 aromatic heterocycles. The highest BCUT2D eigenvalue weighted by molar-refractivity contribution is 6.09. The molecule has 0 aliphatic rings. The summed E-state index contributed by atoms with van der Waals surface area (Å²) in [6, 6.07) is 25.1. The van der Waals surface area contributed by atoms with Gasteiger partial charge in [0.05, 0.1) is 5.56 Å². The summed E-state index contributed by atoms with van der Waals surface area (Å²) in [5, 5.41) is 14.0. The van der Waals surface area contributed by atoms with Crippen LogP contribution in [0.2, 0.25) is 0 Å². The normalized spacial score (nSPS) is 11.7. The Balaban J connectivity index is 1.45. The van der Waals surface area contributed by atoms with Gasteiger partial charge in [-0.05, 0) is 65.2 Å². The van der Waals surface area contributed by atoms with Crippen molar-refractivity contribution >= 4 is 28.4 Å². The Morgan fingerprint density at radius 3 is 2.47 bits per heavy atom. The fourth-order valence-electron chi connectivity index (χ4n) is 3.74. The van der Waals surface area contributed by atoms with Crippen molar-refractivity contribution in [3.05, 3.63) is 113 Å². The van der Waals surface area contributed by atoms with Gasteiger partial charge in [-0.15, -0.1) is 0 Å². The van der Waals surface area contributed by atoms with Crippen LogP contribution >= 0.6 is 0 Å². The maximum atomic E-state index is 12.9. The summed E-state index contributed by atoms with van der Waals surface area (Å²) in [5.74, 6) is -0.185. The van der Waals surface area contributed by atoms with E-state index in [0.717, 1.165) is 34.0 Å². The fraction of sp³-hybridized carbons (Fsp3) is 0.103. The van der Waals surface area contributed by atoms with Gasteiger partial charge in [-0.25, -0.2) is 0 Å². The molecule has 4 rings (SSSR count). The molecule has 0 heterocycles. The molecule has 0 saturated carbocycles. The van der Waals surface area contributed by atoms with Crippen molar-refractivity contribution in [2.24, 2.45) is 0 Å². The number of hydrogen-bond acceptors (Lipinski definition) is 3. The summed E-state index contributed by atoms with van der Waals surface area (Å²) in [6.07, 6.45) is -3.17. The largest absolute Gasteiger partial charge is 0.489 e. The van der Waals surface area contributed by atoms with E-state index in [1.807, 2.05) is 19.1 Å². The van der Waals surface area contributed by atoms with Crippen LogP contribution in [0.25, 0.3) is 16.8 Å². The molecule has 180 valence electrons. The standard InChI is InChI=1S/C29H21F3N2O2/c1-19-9-12-21-5-2-3-8-26(21)27(19)18-36-25-13-10-20(11-14-25)15-22(17-33)28(35)34-24-7-4-6-23(16-24)29(30,31)32/h2-16H,18H2,1H3,(H,34,35)/b22-15+. The SMILES string of the molecule is Cc1ccc2ccccc2c1COc1ccc(/C=C(\C#N)C(=O)Nc2cccc(C(F)(F)F)c2)cc1. The third-order valence-corrected chi connectivity index (χ3v) is 5.66. The number of nitriles is 1. The zero-order valence-corrected chi connectivity index (χ0v) is 19.3. The minimum atomic E-state index is -4.54. The van der Waals surface area contributed by atoms with Crippen LogP contribution in [0.15, 0.2) is 90.5 Å². The van der Waals surface area contributed by atoms with Crippen LogP contribution in [0.5, 0.6) is 5.75 Å². The van der Waals surface area contributed by atoms with Gasteiger partial charge in [0, 0.05) is 11.3 Å². The van der Waals surface area contributed by atoms with Crippen LogP contribution in [0.3, 0.4) is 0 Å². The van der Waals surface area contributed by atoms with E-state index in [1.165, 1.54) is 18.2 Å². The monoisotopic (exact) mass is 486 g/mol. The fourth-order valence-corrected chi connectivity index (χ4v) is 3.74. The number of hydrogen-bond donors (Lipinski definition) is 1. The second-order valence-corrected chi connectivity index (χ2v) is 8.14. The summed E-state index contributed by atoms with van der Waals surface area (Å²) < 4.78 is 44.7. The first kappa shape index (κ1) is 24.6. The van der Waals surface area contributed by atoms with E-state index in [1.54, 1.807) is 30.3 Å². The minimum Gasteiger partial charge on any atom is -0.489 e. The Morgan fingerprint density at radius 1 is 1.00 bits per heavy atom. The number of ether oxygens (including phenoxy) is 1. The number of anilines is 1. The Bertz CT molecular complexity index is 1480. The molecule has 0 atom stereocenters. The molecule has 4 aromatic rings. The van der Waals surface area contributed by atoms with Crippen LogP contribution in [0.1, 0.15) is 22.3 Å². The zero-order chi connectivity index (χ0) is 25.7. The van der Waals surface area contributed by atoms with Gasteiger partial charge in [-0.3, -0.25) is 4.79 Å². The second-order valence-electron chi connectivity index (χ2n) is 8.14. The van der Waals surface area contributed by atoms with Crippen molar-refractivity contribution < 1.29 is 22.7 Å². The van der Waals surface area contributed by atoms with Crippen LogP contribution in [0, 0.1) is 18.3 Å². The molecule has 36 heavy (non-hydrogen) atoms. The van der Waals surface area contributed by atoms with Crippen molar-refractivity contribution in [1.29, 1.82) is 5.26 Å². The molecular weight excluding hydrogens is 465 g/mol. The average Bonchev–Trinajstić information content (AvgIpc) is 2.87. The number of aryl methyl sites for hydroxylation is 1. The predicted molar refractivity (Wildman–Crippen MR) is 133 cm³/mol. The third kappa shape index (κ3) is 5.73. The van der Waals surface area contributed by atoms with Crippen molar-refractivity contribution in [2.45, 2.75) is 19.7 Å². The summed E-state index contributed by atoms with van der Waals surface area (Å²) in [7, 11) is 0. The van der Waals surface area contributed by atoms with E-state index in [2.05, 4.69) is 29.6 Å². The zero-order valence-electron chi connectivity index (χ0n) is 19.3. The second kappa shape index (κ2) is 10.4. The van der Waals surface area contributed by atoms with E-state index >= 15 is 0 Å². The number of benzene rings is 4. The van der Waals surface area contributed by atoms with E-state index in [4.69, 9.17) is 4.74 Å². The molecule has 0 fully saturated rings. The lowest BCUT2D eigenvalue weighted by atomic mass is 10.0. The maximum Gasteiger partial charge on any atom is 0.416 e. The number of carbonyl (C=O) groups excluding carboxylic acids is 1. The van der Waals surface area contributed by atoms with Crippen molar-refractivity contribution in [1.82, 2.24) is 0 Å². The maximum absolute atomic E-state index is 12.9. The topological polar surface area (TPSA) is 62.1 Å². The number of rotatable bonds is 6. The van der Waals surface area contributed by atoms with E-state index < -0.39 is 17.6 Å². The van der Waals surface area contributed by atoms with E-state index in [0.29, 0.717) is 17.9 Å². The van der Waals surface area contributed by atoms with Crippen LogP contribution in [0.4, 0.5) is 18.9 Å². The molecule has 0 aliphatic heterocycles. The molecule has 7 heteroatoms. The first-order valence-electron chi connectivity index (χ1n) is 11.0. The van der Waals surface area contributed by atoms with Gasteiger partial charge in [0.1, 0.15) is 24.0 Å². The highest BCUT2D eigenvalue weighted by Crippen LogP contribution is 2.31. The Kier molecular flexibility index (Phi) is 7.07. The van der Waals surface area contributed by atoms with Gasteiger partial charge in [-0.2, -0.15) is 18.4 Å². The predicted octanol–water partition coefficient (Wildman–Crippen LogP) is 7.29. The van der Waals surface area contributed by atoms with Crippen LogP contribution in [-0.4, -0.2) is 5.91 Å². The number of fused-ring (bicyclic) bond motifs is 1. The molecule has 0 radical (unpaired) electrons. The summed E-state index contributed by atoms with van der Waals surface area (Å²) >= 11 is 0. The number of alkyl halides is 3. The Morgan fingerprint density at radius 2 is 1.75 bits per heavy atom. The number of nitrogens with zero attached hydrogens (tertiary/aromatic N) is 1. The molecule has 4 nitrogen and oxygen atoms in total. The molecule has 0 bridgehead atoms. The van der Waals surface area contributed by atoms with Gasteiger partial charge in [-0.1, -0.05) is 54.6 Å². The third-order valence-electron chi connectivity index (χ3n) is 5.66. The highest BCUT2D eigenvalue weighted by atomic mass is 19.4. The first-order valence-corrected chi connectivity index (χ1v) is 11.0. The lowest BCUT2D eigenvalue weighted by Gasteiger charge is -2.12. The number of amides is 1. The molecule has 1 N–H and O–H groups in total. The van der Waals surface area contributed by atoms with Gasteiger partial charge < -0.3 is 10.1 Å². The smallest absolute Gasteiger partial charge is 0.416 e. The summed E-state index contributed by atoms with van der Waals surface area (Å²) in [5.41, 5.74) is 1.60. The van der Waals surface area contributed by atoms with Gasteiger partial charge in [0.15, 0.2) is 0 Å². The number of halogens is 3. The minimum absolute atomic E-state index is 0.0524. The summed E-state index contributed by atoms with van der Waals surface area (Å²) in [6.45, 7) is 2.41. The van der Waals surface area contributed by atoms with Crippen molar-refractivity contribution in [3.63, 3.8) is 0 Å². The lowest BCUT2D eigenvalue weighted by Crippen LogP contribution is -2.14. The molecular formula is C29H21F3N2O2. The van der Waals surface area contributed by atoms with Gasteiger partial charge >= 0.3 is 6.18 Å². The lowest BCUT2D eigenvalue weighted by molar-refractivity contribution is -0.137. The number of carbonyl (C=O) groups is 1. The molecule has 0 unspecified atom stereocenters. The highest BCUT2D eigenvalue weighted by Gasteiger charge is 2.30. The quantitative estimate of drug-likeness (QED) is 0.230. The van der Waals surface area contributed by atoms with E-state index in [-0.39, 0.29) is 11.3 Å². The molecule has 4 aromatic carbocycles. The van der Waals surface area contributed by atoms with Crippen molar-refractivity contribution in [2.75, 3.05) is 5.32 Å². The van der Waals surface area contributed by atoms with Crippen molar-refractivity contribution in [3.8, 4) is 11.8 Å². The Labute approximate surface area is 206 Å². The van der Waals surface area contributed by atoms with E-state index in [9.17, 15) is 23.2 Å². The van der Waals surface area contributed by atoms with Crippen LogP contribution in [-0.2, 0) is 17.6 Å². The Hall–Kier alpha value is -4.57.